The van der Waals surface area contributed by atoms with E-state index in [1.54, 1.807) is 23.1 Å². The van der Waals surface area contributed by atoms with Gasteiger partial charge in [-0.3, -0.25) is 14.5 Å². The molecule has 3 rings (SSSR count). The van der Waals surface area contributed by atoms with Crippen LogP contribution in [-0.4, -0.2) is 90.2 Å². The fraction of sp³-hybridized carbons (Fsp3) is 0.640. The van der Waals surface area contributed by atoms with Gasteiger partial charge >= 0.3 is 5.97 Å². The average Bonchev–Trinajstić information content (AvgIpc) is 3.09. The normalized spacial score (nSPS) is 22.4. The van der Waals surface area contributed by atoms with E-state index in [2.05, 4.69) is 24.1 Å². The van der Waals surface area contributed by atoms with E-state index in [9.17, 15) is 14.4 Å². The maximum atomic E-state index is 13.1. The van der Waals surface area contributed by atoms with Gasteiger partial charge in [-0.15, -0.1) is 11.8 Å². The van der Waals surface area contributed by atoms with Gasteiger partial charge in [0.1, 0.15) is 41.1 Å². The Morgan fingerprint density at radius 1 is 1.09 bits per heavy atom. The topological polar surface area (TPSA) is 97.4 Å². The maximum Gasteiger partial charge on any atom is 0.330 e. The standard InChI is InChI=1S/C25H37N3O6S/c1-7-12-27(13-8-2)14-15-34-24(31)20-25(3,4)35-23-19(22(30)28(20)23)26-21(29)18-16(32-5)10-9-11-17(18)33-6/h9-11,19-20,23H,7-8,12-15H2,1-6H3,(H,26,29)/t19?,20-,23+/m0/s1. The van der Waals surface area contributed by atoms with Crippen LogP contribution in [0.15, 0.2) is 18.2 Å². The molecule has 2 heterocycles. The largest absolute Gasteiger partial charge is 0.496 e. The first-order valence-electron chi connectivity index (χ1n) is 12.1. The maximum absolute atomic E-state index is 13.1. The van der Waals surface area contributed by atoms with Crippen LogP contribution in [0.5, 0.6) is 11.5 Å². The van der Waals surface area contributed by atoms with E-state index < -0.39 is 28.7 Å². The molecule has 0 saturated carbocycles. The third kappa shape index (κ3) is 5.53. The van der Waals surface area contributed by atoms with Crippen LogP contribution in [0.2, 0.25) is 0 Å². The lowest BCUT2D eigenvalue weighted by molar-refractivity contribution is -0.163. The number of amides is 2. The summed E-state index contributed by atoms with van der Waals surface area (Å²) in [7, 11) is 2.94. The van der Waals surface area contributed by atoms with E-state index in [0.29, 0.717) is 18.0 Å². The van der Waals surface area contributed by atoms with Crippen molar-refractivity contribution >= 4 is 29.5 Å². The Morgan fingerprint density at radius 2 is 1.69 bits per heavy atom. The summed E-state index contributed by atoms with van der Waals surface area (Å²) < 4.78 is 15.7. The van der Waals surface area contributed by atoms with E-state index in [-0.39, 0.29) is 23.5 Å². The smallest absolute Gasteiger partial charge is 0.330 e. The third-order valence-electron chi connectivity index (χ3n) is 6.34. The minimum Gasteiger partial charge on any atom is -0.496 e. The Labute approximate surface area is 211 Å². The van der Waals surface area contributed by atoms with Crippen LogP contribution in [-0.2, 0) is 14.3 Å². The fourth-order valence-corrected chi connectivity index (χ4v) is 6.36. The molecule has 1 unspecified atom stereocenters. The zero-order chi connectivity index (χ0) is 25.8. The van der Waals surface area contributed by atoms with Gasteiger partial charge in [-0.25, -0.2) is 4.79 Å². The summed E-state index contributed by atoms with van der Waals surface area (Å²) in [5.41, 5.74) is 0.227. The Kier molecular flexibility index (Phi) is 8.93. The van der Waals surface area contributed by atoms with Gasteiger partial charge in [0.15, 0.2) is 0 Å². The number of carbonyl (C=O) groups excluding carboxylic acids is 3. The number of methoxy groups -OCH3 is 2. The number of ether oxygens (including phenoxy) is 3. The molecule has 2 aliphatic heterocycles. The zero-order valence-electron chi connectivity index (χ0n) is 21.5. The van der Waals surface area contributed by atoms with Crippen molar-refractivity contribution in [2.45, 2.75) is 62.7 Å². The molecule has 0 bridgehead atoms. The Bertz CT molecular complexity index is 912. The van der Waals surface area contributed by atoms with Gasteiger partial charge in [-0.05, 0) is 51.9 Å². The number of thioether (sulfide) groups is 1. The van der Waals surface area contributed by atoms with Crippen LogP contribution in [0.3, 0.4) is 0 Å². The van der Waals surface area contributed by atoms with Crippen LogP contribution in [0.4, 0.5) is 0 Å². The molecule has 2 amide bonds. The number of nitrogens with one attached hydrogen (secondary N) is 1. The van der Waals surface area contributed by atoms with E-state index in [1.165, 1.54) is 26.0 Å². The molecule has 0 aromatic heterocycles. The molecule has 2 aliphatic rings. The molecule has 2 fully saturated rings. The number of fused-ring (bicyclic) bond motifs is 1. The second kappa shape index (κ2) is 11.5. The molecule has 0 aliphatic carbocycles. The summed E-state index contributed by atoms with van der Waals surface area (Å²) in [6, 6.07) is 3.59. The van der Waals surface area contributed by atoms with Gasteiger partial charge in [0.2, 0.25) is 5.91 Å². The fourth-order valence-electron chi connectivity index (χ4n) is 4.74. The predicted octanol–water partition coefficient (Wildman–Crippen LogP) is 2.53. The molecule has 194 valence electrons. The van der Waals surface area contributed by atoms with Gasteiger partial charge in [0.05, 0.1) is 14.2 Å². The quantitative estimate of drug-likeness (QED) is 0.341. The van der Waals surface area contributed by atoms with Crippen LogP contribution < -0.4 is 14.8 Å². The van der Waals surface area contributed by atoms with Crippen LogP contribution in [0.1, 0.15) is 50.9 Å². The average molecular weight is 508 g/mol. The van der Waals surface area contributed by atoms with Crippen molar-refractivity contribution in [3.8, 4) is 11.5 Å². The summed E-state index contributed by atoms with van der Waals surface area (Å²) in [5.74, 6) is -0.454. The van der Waals surface area contributed by atoms with Crippen molar-refractivity contribution in [1.29, 1.82) is 0 Å². The van der Waals surface area contributed by atoms with Gasteiger partial charge in [-0.2, -0.15) is 0 Å². The summed E-state index contributed by atoms with van der Waals surface area (Å²) in [4.78, 5) is 43.0. The van der Waals surface area contributed by atoms with Crippen LogP contribution >= 0.6 is 11.8 Å². The predicted molar refractivity (Wildman–Crippen MR) is 135 cm³/mol. The molecule has 2 saturated heterocycles. The lowest BCUT2D eigenvalue weighted by Crippen LogP contribution is -2.70. The summed E-state index contributed by atoms with van der Waals surface area (Å²) >= 11 is 1.50. The zero-order valence-corrected chi connectivity index (χ0v) is 22.3. The number of hydrogen-bond acceptors (Lipinski definition) is 8. The highest BCUT2D eigenvalue weighted by atomic mass is 32.2. The Morgan fingerprint density at radius 3 is 2.23 bits per heavy atom. The molecule has 1 aromatic rings. The summed E-state index contributed by atoms with van der Waals surface area (Å²) in [6.45, 7) is 11.0. The van der Waals surface area contributed by atoms with Gasteiger partial charge in [0.25, 0.3) is 5.91 Å². The highest BCUT2D eigenvalue weighted by Crippen LogP contribution is 2.51. The van der Waals surface area contributed by atoms with Gasteiger partial charge < -0.3 is 24.4 Å². The van der Waals surface area contributed by atoms with Crippen molar-refractivity contribution in [3.05, 3.63) is 23.8 Å². The summed E-state index contributed by atoms with van der Waals surface area (Å²) in [5, 5.41) is 2.47. The van der Waals surface area contributed by atoms with E-state index >= 15 is 0 Å². The molecule has 0 radical (unpaired) electrons. The van der Waals surface area contributed by atoms with Crippen LogP contribution in [0, 0.1) is 0 Å². The molecule has 1 N–H and O–H groups in total. The Hall–Kier alpha value is -2.46. The monoisotopic (exact) mass is 507 g/mol. The molecule has 10 heteroatoms. The van der Waals surface area contributed by atoms with Crippen molar-refractivity contribution in [2.75, 3.05) is 40.5 Å². The number of benzene rings is 1. The van der Waals surface area contributed by atoms with Crippen molar-refractivity contribution in [3.63, 3.8) is 0 Å². The number of nitrogens with zero attached hydrogens (tertiary/aromatic N) is 2. The highest BCUT2D eigenvalue weighted by molar-refractivity contribution is 8.01. The first-order valence-corrected chi connectivity index (χ1v) is 13.0. The second-order valence-electron chi connectivity index (χ2n) is 9.26. The van der Waals surface area contributed by atoms with Crippen molar-refractivity contribution < 1.29 is 28.6 Å². The molecule has 1 aromatic carbocycles. The lowest BCUT2D eigenvalue weighted by Gasteiger charge is -2.44. The number of esters is 1. The molecular formula is C25H37N3O6S. The second-order valence-corrected chi connectivity index (χ2v) is 11.0. The molecule has 0 spiro atoms. The van der Waals surface area contributed by atoms with E-state index in [1.807, 2.05) is 13.8 Å². The van der Waals surface area contributed by atoms with E-state index in [0.717, 1.165) is 25.9 Å². The first kappa shape index (κ1) is 27.1. The third-order valence-corrected chi connectivity index (χ3v) is 7.91. The molecule has 9 nitrogen and oxygen atoms in total. The first-order chi connectivity index (χ1) is 16.7. The number of rotatable bonds is 12. The number of carbonyl (C=O) groups is 3. The highest BCUT2D eigenvalue weighted by Gasteiger charge is 2.64. The number of hydrogen-bond donors (Lipinski definition) is 1. The van der Waals surface area contributed by atoms with Gasteiger partial charge in [-0.1, -0.05) is 19.9 Å². The minimum absolute atomic E-state index is 0.227. The molecule has 3 atom stereocenters. The SMILES string of the molecule is CCCN(CCC)CCOC(=O)[C@@H]1N2C(=O)C(NC(=O)c3c(OC)cccc3OC)[C@H]2SC1(C)C. The van der Waals surface area contributed by atoms with Crippen LogP contribution in [0.25, 0.3) is 0 Å². The molecule has 35 heavy (non-hydrogen) atoms. The van der Waals surface area contributed by atoms with Gasteiger partial charge in [0, 0.05) is 11.3 Å². The van der Waals surface area contributed by atoms with Crippen molar-refractivity contribution in [2.24, 2.45) is 0 Å². The number of β-lactam (4-membered cyclic amide) rings is 1. The van der Waals surface area contributed by atoms with Crippen molar-refractivity contribution in [1.82, 2.24) is 15.1 Å². The lowest BCUT2D eigenvalue weighted by atomic mass is 9.95. The van der Waals surface area contributed by atoms with E-state index in [4.69, 9.17) is 14.2 Å². The minimum atomic E-state index is -0.746. The molecular weight excluding hydrogens is 470 g/mol. The summed E-state index contributed by atoms with van der Waals surface area (Å²) in [6.07, 6.45) is 2.08. The Balaban J connectivity index is 1.66.